The summed E-state index contributed by atoms with van der Waals surface area (Å²) in [6, 6.07) is 11.8. The summed E-state index contributed by atoms with van der Waals surface area (Å²) in [6.07, 6.45) is 9.79. The van der Waals surface area contributed by atoms with Crippen molar-refractivity contribution in [1.82, 2.24) is 10.3 Å². The van der Waals surface area contributed by atoms with Crippen molar-refractivity contribution < 1.29 is 0 Å². The average Bonchev–Trinajstić information content (AvgIpc) is 2.96. The monoisotopic (exact) mass is 280 g/mol. The SMILES string of the molecule is CCNC(Cc1ccncc1)Cc1ccc2c(c1)CCC2. The molecule has 1 aromatic heterocycles. The highest BCUT2D eigenvalue weighted by molar-refractivity contribution is 5.35. The molecule has 1 heterocycles. The van der Waals surface area contributed by atoms with Crippen molar-refractivity contribution in [3.05, 3.63) is 65.0 Å². The molecule has 2 nitrogen and oxygen atoms in total. The minimum Gasteiger partial charge on any atom is -0.314 e. The molecule has 0 bridgehead atoms. The second kappa shape index (κ2) is 6.86. The van der Waals surface area contributed by atoms with Crippen LogP contribution in [-0.2, 0) is 25.7 Å². The lowest BCUT2D eigenvalue weighted by molar-refractivity contribution is 0.521. The molecule has 0 aliphatic heterocycles. The minimum atomic E-state index is 0.497. The van der Waals surface area contributed by atoms with E-state index in [1.54, 1.807) is 11.1 Å². The number of pyridine rings is 1. The van der Waals surface area contributed by atoms with Gasteiger partial charge in [0.1, 0.15) is 0 Å². The van der Waals surface area contributed by atoms with Crippen LogP contribution < -0.4 is 5.32 Å². The summed E-state index contributed by atoms with van der Waals surface area (Å²) in [4.78, 5) is 4.10. The lowest BCUT2D eigenvalue weighted by Gasteiger charge is -2.18. The highest BCUT2D eigenvalue weighted by Gasteiger charge is 2.14. The van der Waals surface area contributed by atoms with E-state index in [1.165, 1.54) is 30.4 Å². The van der Waals surface area contributed by atoms with Gasteiger partial charge in [-0.2, -0.15) is 0 Å². The normalized spacial score (nSPS) is 14.9. The van der Waals surface area contributed by atoms with E-state index in [1.807, 2.05) is 12.4 Å². The van der Waals surface area contributed by atoms with E-state index >= 15 is 0 Å². The third-order valence-corrected chi connectivity index (χ3v) is 4.37. The standard InChI is InChI=1S/C19H24N2/c1-2-21-19(13-15-8-10-20-11-9-15)14-16-6-7-17-4-3-5-18(17)12-16/h6-12,19,21H,2-5,13-14H2,1H3. The van der Waals surface area contributed by atoms with Gasteiger partial charge in [-0.1, -0.05) is 25.1 Å². The highest BCUT2D eigenvalue weighted by Crippen LogP contribution is 2.23. The zero-order chi connectivity index (χ0) is 14.5. The zero-order valence-corrected chi connectivity index (χ0v) is 12.8. The summed E-state index contributed by atoms with van der Waals surface area (Å²) in [5.41, 5.74) is 5.97. The van der Waals surface area contributed by atoms with Crippen LogP contribution in [0.25, 0.3) is 0 Å². The Bertz CT molecular complexity index is 577. The van der Waals surface area contributed by atoms with E-state index in [2.05, 4.69) is 47.6 Å². The van der Waals surface area contributed by atoms with Gasteiger partial charge >= 0.3 is 0 Å². The Kier molecular flexibility index (Phi) is 4.66. The molecule has 3 rings (SSSR count). The molecule has 2 aromatic rings. The van der Waals surface area contributed by atoms with Gasteiger partial charge in [0.15, 0.2) is 0 Å². The maximum absolute atomic E-state index is 4.10. The summed E-state index contributed by atoms with van der Waals surface area (Å²) >= 11 is 0. The Morgan fingerprint density at radius 2 is 1.76 bits per heavy atom. The lowest BCUT2D eigenvalue weighted by Crippen LogP contribution is -2.33. The van der Waals surface area contributed by atoms with Gasteiger partial charge < -0.3 is 5.32 Å². The van der Waals surface area contributed by atoms with Gasteiger partial charge in [-0.3, -0.25) is 4.98 Å². The van der Waals surface area contributed by atoms with E-state index < -0.39 is 0 Å². The van der Waals surface area contributed by atoms with Crippen molar-refractivity contribution in [3.8, 4) is 0 Å². The van der Waals surface area contributed by atoms with E-state index in [0.717, 1.165) is 19.4 Å². The molecule has 1 aromatic carbocycles. The van der Waals surface area contributed by atoms with E-state index in [-0.39, 0.29) is 0 Å². The van der Waals surface area contributed by atoms with Crippen LogP contribution >= 0.6 is 0 Å². The van der Waals surface area contributed by atoms with Crippen LogP contribution in [0.3, 0.4) is 0 Å². The van der Waals surface area contributed by atoms with Gasteiger partial charge in [-0.25, -0.2) is 0 Å². The summed E-state index contributed by atoms with van der Waals surface area (Å²) in [5, 5.41) is 3.63. The molecule has 1 aliphatic rings. The van der Waals surface area contributed by atoms with Gasteiger partial charge in [0.05, 0.1) is 0 Å². The van der Waals surface area contributed by atoms with Crippen LogP contribution in [0.4, 0.5) is 0 Å². The number of aryl methyl sites for hydroxylation is 2. The van der Waals surface area contributed by atoms with Gasteiger partial charge in [0.25, 0.3) is 0 Å². The second-order valence-corrected chi connectivity index (χ2v) is 5.97. The molecule has 2 heteroatoms. The molecule has 0 amide bonds. The van der Waals surface area contributed by atoms with Crippen LogP contribution in [-0.4, -0.2) is 17.6 Å². The number of nitrogens with zero attached hydrogens (tertiary/aromatic N) is 1. The molecule has 0 radical (unpaired) electrons. The molecule has 0 saturated heterocycles. The first kappa shape index (κ1) is 14.3. The molecule has 1 N–H and O–H groups in total. The van der Waals surface area contributed by atoms with Crippen LogP contribution in [0, 0.1) is 0 Å². The van der Waals surface area contributed by atoms with Gasteiger partial charge in [0, 0.05) is 18.4 Å². The van der Waals surface area contributed by atoms with Crippen molar-refractivity contribution in [2.45, 2.75) is 45.1 Å². The fourth-order valence-corrected chi connectivity index (χ4v) is 3.35. The molecule has 0 saturated carbocycles. The lowest BCUT2D eigenvalue weighted by atomic mass is 9.97. The van der Waals surface area contributed by atoms with Gasteiger partial charge in [-0.15, -0.1) is 0 Å². The first-order chi connectivity index (χ1) is 10.3. The predicted octanol–water partition coefficient (Wildman–Crippen LogP) is 3.33. The molecular weight excluding hydrogens is 256 g/mol. The third kappa shape index (κ3) is 3.70. The predicted molar refractivity (Wildman–Crippen MR) is 87.6 cm³/mol. The minimum absolute atomic E-state index is 0.497. The maximum atomic E-state index is 4.10. The van der Waals surface area contributed by atoms with Crippen molar-refractivity contribution in [2.75, 3.05) is 6.54 Å². The molecule has 110 valence electrons. The largest absolute Gasteiger partial charge is 0.314 e. The second-order valence-electron chi connectivity index (χ2n) is 5.97. The molecule has 0 fully saturated rings. The highest BCUT2D eigenvalue weighted by atomic mass is 14.9. The Hall–Kier alpha value is -1.67. The number of likely N-dealkylation sites (N-methyl/N-ethyl adjacent to an activating group) is 1. The number of benzene rings is 1. The summed E-state index contributed by atoms with van der Waals surface area (Å²) in [6.45, 7) is 3.20. The Morgan fingerprint density at radius 1 is 1.00 bits per heavy atom. The van der Waals surface area contributed by atoms with Crippen LogP contribution in [0.1, 0.15) is 35.6 Å². The number of fused-ring (bicyclic) bond motifs is 1. The van der Waals surface area contributed by atoms with Gasteiger partial charge in [-0.05, 0) is 73.0 Å². The average molecular weight is 280 g/mol. The zero-order valence-electron chi connectivity index (χ0n) is 12.8. The molecule has 1 atom stereocenters. The van der Waals surface area contributed by atoms with Crippen molar-refractivity contribution in [2.24, 2.45) is 0 Å². The number of hydrogen-bond acceptors (Lipinski definition) is 2. The number of nitrogens with one attached hydrogen (secondary N) is 1. The summed E-state index contributed by atoms with van der Waals surface area (Å²) in [5.74, 6) is 0. The Morgan fingerprint density at radius 3 is 2.57 bits per heavy atom. The van der Waals surface area contributed by atoms with Gasteiger partial charge in [0.2, 0.25) is 0 Å². The molecule has 21 heavy (non-hydrogen) atoms. The summed E-state index contributed by atoms with van der Waals surface area (Å²) < 4.78 is 0. The number of hydrogen-bond donors (Lipinski definition) is 1. The molecule has 1 unspecified atom stereocenters. The fraction of sp³-hybridized carbons (Fsp3) is 0.421. The quantitative estimate of drug-likeness (QED) is 0.878. The van der Waals surface area contributed by atoms with Crippen molar-refractivity contribution in [3.63, 3.8) is 0 Å². The van der Waals surface area contributed by atoms with Crippen LogP contribution in [0.5, 0.6) is 0 Å². The van der Waals surface area contributed by atoms with Crippen LogP contribution in [0.2, 0.25) is 0 Å². The third-order valence-electron chi connectivity index (χ3n) is 4.37. The molecular formula is C19H24N2. The Balaban J connectivity index is 1.70. The Labute approximate surface area is 127 Å². The molecule has 0 spiro atoms. The topological polar surface area (TPSA) is 24.9 Å². The first-order valence-electron chi connectivity index (χ1n) is 8.08. The van der Waals surface area contributed by atoms with Crippen molar-refractivity contribution >= 4 is 0 Å². The molecule has 1 aliphatic carbocycles. The summed E-state index contributed by atoms with van der Waals surface area (Å²) in [7, 11) is 0. The van der Waals surface area contributed by atoms with E-state index in [9.17, 15) is 0 Å². The first-order valence-corrected chi connectivity index (χ1v) is 8.08. The maximum Gasteiger partial charge on any atom is 0.0270 e. The number of aromatic nitrogens is 1. The fourth-order valence-electron chi connectivity index (χ4n) is 3.35. The van der Waals surface area contributed by atoms with E-state index in [4.69, 9.17) is 0 Å². The smallest absolute Gasteiger partial charge is 0.0270 e. The number of rotatable bonds is 6. The van der Waals surface area contributed by atoms with Crippen LogP contribution in [0.15, 0.2) is 42.7 Å². The van der Waals surface area contributed by atoms with E-state index in [0.29, 0.717) is 6.04 Å². The van der Waals surface area contributed by atoms with Crippen molar-refractivity contribution in [1.29, 1.82) is 0 Å².